The highest BCUT2D eigenvalue weighted by Gasteiger charge is 2.19. The first-order valence-corrected chi connectivity index (χ1v) is 4.97. The lowest BCUT2D eigenvalue weighted by Crippen LogP contribution is -2.26. The lowest BCUT2D eigenvalue weighted by Gasteiger charge is -2.18. The minimum Gasteiger partial charge on any atom is -0.248 e. The van der Waals surface area contributed by atoms with Crippen molar-refractivity contribution in [1.82, 2.24) is 15.0 Å². The molecule has 1 heterocycles. The first kappa shape index (κ1) is 11.3. The van der Waals surface area contributed by atoms with Gasteiger partial charge in [0, 0.05) is 11.8 Å². The molecule has 0 atom stereocenters. The minimum atomic E-state index is 0.0109. The van der Waals surface area contributed by atoms with E-state index < -0.39 is 0 Å². The van der Waals surface area contributed by atoms with E-state index in [9.17, 15) is 0 Å². The van der Waals surface area contributed by atoms with Gasteiger partial charge in [0.1, 0.15) is 0 Å². The van der Waals surface area contributed by atoms with Crippen LogP contribution in [0.2, 0.25) is 5.31 Å². The van der Waals surface area contributed by atoms with Gasteiger partial charge in [0.05, 0.1) is 5.54 Å². The normalized spacial score (nSPS) is 13.0. The van der Waals surface area contributed by atoms with Crippen LogP contribution in [0, 0.1) is 0 Å². The van der Waals surface area contributed by atoms with Crippen LogP contribution in [0.1, 0.15) is 41.5 Å². The van der Waals surface area contributed by atoms with Crippen molar-refractivity contribution in [3.63, 3.8) is 0 Å². The van der Waals surface area contributed by atoms with Gasteiger partial charge in [-0.25, -0.2) is 4.68 Å². The Hall–Kier alpha value is -0.795. The van der Waals surface area contributed by atoms with E-state index in [1.165, 1.54) is 0 Å². The van der Waals surface area contributed by atoms with Gasteiger partial charge in [-0.05, 0) is 20.8 Å². The van der Waals surface area contributed by atoms with Crippen molar-refractivity contribution in [2.45, 2.75) is 52.4 Å². The zero-order valence-corrected chi connectivity index (χ0v) is 10.00. The molecular weight excluding hydrogens is 173 g/mol. The lowest BCUT2D eigenvalue weighted by molar-refractivity contribution is 0.347. The molecule has 4 heteroatoms. The van der Waals surface area contributed by atoms with Crippen molar-refractivity contribution in [3.8, 4) is 0 Å². The summed E-state index contributed by atoms with van der Waals surface area (Å²) in [6.07, 6.45) is 1.99. The molecule has 0 N–H and O–H groups in total. The van der Waals surface area contributed by atoms with E-state index in [0.29, 0.717) is 0 Å². The van der Waals surface area contributed by atoms with Gasteiger partial charge < -0.3 is 0 Å². The van der Waals surface area contributed by atoms with Crippen LogP contribution in [0.15, 0.2) is 6.20 Å². The molecule has 1 rings (SSSR count). The molecule has 0 aliphatic carbocycles. The smallest absolute Gasteiger partial charge is 0.188 e. The van der Waals surface area contributed by atoms with Gasteiger partial charge in [0.2, 0.25) is 0 Å². The Morgan fingerprint density at radius 3 is 2.07 bits per heavy atom. The monoisotopic (exact) mass is 192 g/mol. The molecule has 77 valence electrons. The van der Waals surface area contributed by atoms with Gasteiger partial charge in [-0.3, -0.25) is 0 Å². The lowest BCUT2D eigenvalue weighted by atomic mass is 9.53. The van der Waals surface area contributed by atoms with Crippen LogP contribution in [-0.2, 0) is 5.54 Å². The third-order valence-corrected chi connectivity index (χ3v) is 1.78. The highest BCUT2D eigenvalue weighted by molar-refractivity contribution is 6.55. The summed E-state index contributed by atoms with van der Waals surface area (Å²) in [4.78, 5) is 0. The second kappa shape index (κ2) is 3.41. The number of rotatable bonds is 1. The predicted octanol–water partition coefficient (Wildman–Crippen LogP) is 1.58. The van der Waals surface area contributed by atoms with Crippen LogP contribution in [0.4, 0.5) is 0 Å². The molecule has 1 radical (unpaired) electrons. The van der Waals surface area contributed by atoms with Gasteiger partial charge >= 0.3 is 0 Å². The summed E-state index contributed by atoms with van der Waals surface area (Å²) in [5.41, 5.74) is 0.962. The van der Waals surface area contributed by atoms with Crippen LogP contribution in [0.5, 0.6) is 0 Å². The SMILES string of the molecule is CC(C)(C)[B]c1cn(C(C)(C)C)nn1. The zero-order chi connectivity index (χ0) is 11.0. The standard InChI is InChI=1S/C10H19BN3/c1-9(2,3)11-8-7-14(13-12-8)10(4,5)6/h7H,1-6H3. The molecule has 1 aromatic rings. The molecule has 0 aliphatic rings. The van der Waals surface area contributed by atoms with E-state index in [1.54, 1.807) is 0 Å². The molecule has 0 spiro atoms. The second-order valence-corrected chi connectivity index (χ2v) is 5.77. The fourth-order valence-corrected chi connectivity index (χ4v) is 1.11. The highest BCUT2D eigenvalue weighted by atomic mass is 15.4. The van der Waals surface area contributed by atoms with E-state index in [4.69, 9.17) is 0 Å². The van der Waals surface area contributed by atoms with Crippen LogP contribution in [-0.4, -0.2) is 22.3 Å². The van der Waals surface area contributed by atoms with Gasteiger partial charge in [0.25, 0.3) is 0 Å². The number of nitrogens with zero attached hydrogens (tertiary/aromatic N) is 3. The Morgan fingerprint density at radius 2 is 1.71 bits per heavy atom. The average Bonchev–Trinajstić information content (AvgIpc) is 2.29. The molecule has 0 aliphatic heterocycles. The number of hydrogen-bond acceptors (Lipinski definition) is 2. The first-order valence-electron chi connectivity index (χ1n) is 4.97. The summed E-state index contributed by atoms with van der Waals surface area (Å²) >= 11 is 0. The van der Waals surface area contributed by atoms with E-state index in [2.05, 4.69) is 59.1 Å². The summed E-state index contributed by atoms with van der Waals surface area (Å²) in [5.74, 6) is 0. The van der Waals surface area contributed by atoms with Crippen LogP contribution >= 0.6 is 0 Å². The first-order chi connectivity index (χ1) is 6.18. The predicted molar refractivity (Wildman–Crippen MR) is 60.1 cm³/mol. The van der Waals surface area contributed by atoms with Gasteiger partial charge in [-0.15, -0.1) is 5.10 Å². The maximum atomic E-state index is 4.13. The third-order valence-electron chi connectivity index (χ3n) is 1.78. The van der Waals surface area contributed by atoms with Gasteiger partial charge in [-0.1, -0.05) is 31.3 Å². The fraction of sp³-hybridized carbons (Fsp3) is 0.800. The molecular formula is C10H19BN3. The maximum absolute atomic E-state index is 4.13. The Kier molecular flexibility index (Phi) is 2.75. The molecule has 3 nitrogen and oxygen atoms in total. The van der Waals surface area contributed by atoms with E-state index >= 15 is 0 Å². The van der Waals surface area contributed by atoms with Crippen molar-refractivity contribution in [2.75, 3.05) is 0 Å². The highest BCUT2D eigenvalue weighted by Crippen LogP contribution is 2.19. The molecule has 0 amide bonds. The van der Waals surface area contributed by atoms with Crippen LogP contribution in [0.25, 0.3) is 0 Å². The maximum Gasteiger partial charge on any atom is 0.188 e. The Labute approximate surface area is 87.1 Å². The topological polar surface area (TPSA) is 30.7 Å². The fourth-order valence-electron chi connectivity index (χ4n) is 1.11. The molecule has 0 fully saturated rings. The van der Waals surface area contributed by atoms with Crippen molar-refractivity contribution >= 4 is 12.9 Å². The van der Waals surface area contributed by atoms with Crippen LogP contribution in [0.3, 0.4) is 0 Å². The Balaban J connectivity index is 2.79. The molecule has 0 saturated carbocycles. The van der Waals surface area contributed by atoms with E-state index in [-0.39, 0.29) is 10.9 Å². The Morgan fingerprint density at radius 1 is 1.14 bits per heavy atom. The number of hydrogen-bond donors (Lipinski definition) is 0. The molecule has 0 saturated heterocycles. The van der Waals surface area contributed by atoms with E-state index in [0.717, 1.165) is 5.59 Å². The van der Waals surface area contributed by atoms with Crippen molar-refractivity contribution in [3.05, 3.63) is 6.20 Å². The van der Waals surface area contributed by atoms with Gasteiger partial charge in [0.15, 0.2) is 7.28 Å². The summed E-state index contributed by atoms with van der Waals surface area (Å²) in [6, 6.07) is 0. The minimum absolute atomic E-state index is 0.0109. The van der Waals surface area contributed by atoms with Crippen molar-refractivity contribution in [1.29, 1.82) is 0 Å². The molecule has 1 aromatic heterocycles. The summed E-state index contributed by atoms with van der Waals surface area (Å²) in [7, 11) is 2.13. The third kappa shape index (κ3) is 3.16. The number of aromatic nitrogens is 3. The van der Waals surface area contributed by atoms with Gasteiger partial charge in [-0.2, -0.15) is 0 Å². The van der Waals surface area contributed by atoms with Crippen LogP contribution < -0.4 is 5.59 Å². The van der Waals surface area contributed by atoms with E-state index in [1.807, 2.05) is 10.9 Å². The zero-order valence-electron chi connectivity index (χ0n) is 10.00. The molecule has 14 heavy (non-hydrogen) atoms. The summed E-state index contributed by atoms with van der Waals surface area (Å²) < 4.78 is 1.89. The summed E-state index contributed by atoms with van der Waals surface area (Å²) in [5, 5.41) is 8.38. The quantitative estimate of drug-likeness (QED) is 0.632. The Bertz CT molecular complexity index is 304. The van der Waals surface area contributed by atoms with Crippen molar-refractivity contribution < 1.29 is 0 Å². The summed E-state index contributed by atoms with van der Waals surface area (Å²) in [6.45, 7) is 12.8. The molecule has 0 aromatic carbocycles. The molecule has 0 bridgehead atoms. The van der Waals surface area contributed by atoms with Crippen molar-refractivity contribution in [2.24, 2.45) is 0 Å². The molecule has 0 unspecified atom stereocenters. The second-order valence-electron chi connectivity index (χ2n) is 5.77. The average molecular weight is 192 g/mol. The largest absolute Gasteiger partial charge is 0.248 e.